The lowest BCUT2D eigenvalue weighted by atomic mass is 9.63. The van der Waals surface area contributed by atoms with E-state index in [0.717, 1.165) is 5.92 Å². The third-order valence-corrected chi connectivity index (χ3v) is 7.57. The van der Waals surface area contributed by atoms with E-state index in [1.165, 1.54) is 19.3 Å². The van der Waals surface area contributed by atoms with Gasteiger partial charge in [-0.25, -0.2) is 0 Å². The first-order valence-electron chi connectivity index (χ1n) is 16.3. The molecule has 40 heavy (non-hydrogen) atoms. The van der Waals surface area contributed by atoms with Gasteiger partial charge in [0.05, 0.1) is 0 Å². The lowest BCUT2D eigenvalue weighted by Gasteiger charge is -2.39. The van der Waals surface area contributed by atoms with E-state index in [4.69, 9.17) is 0 Å². The molecular weight excluding hydrogens is 480 g/mol. The first-order valence-corrected chi connectivity index (χ1v) is 16.3. The van der Waals surface area contributed by atoms with Crippen LogP contribution in [-0.2, 0) is 5.41 Å². The summed E-state index contributed by atoms with van der Waals surface area (Å²) in [5, 5.41) is 0. The summed E-state index contributed by atoms with van der Waals surface area (Å²) >= 11 is 0. The highest BCUT2D eigenvalue weighted by atomic mass is 14.6. The zero-order valence-electron chi connectivity index (χ0n) is 28.5. The molecule has 1 unspecified atom stereocenters. The molecule has 3 aliphatic carbocycles. The fourth-order valence-electron chi connectivity index (χ4n) is 6.18. The number of allylic oxidation sites excluding steroid dienone is 2. The van der Waals surface area contributed by atoms with Crippen LogP contribution in [-0.4, -0.2) is 0 Å². The predicted molar refractivity (Wildman–Crippen MR) is 192 cm³/mol. The maximum atomic E-state index is 2.49. The molecule has 0 bridgehead atoms. The second-order valence-corrected chi connectivity index (χ2v) is 9.79. The van der Waals surface area contributed by atoms with E-state index in [-0.39, 0.29) is 20.3 Å². The van der Waals surface area contributed by atoms with E-state index in [2.05, 4.69) is 104 Å². The Bertz CT molecular complexity index is 900. The van der Waals surface area contributed by atoms with Crippen molar-refractivity contribution in [2.45, 2.75) is 156 Å². The van der Waals surface area contributed by atoms with Crippen molar-refractivity contribution in [3.8, 4) is 0 Å². The van der Waals surface area contributed by atoms with Gasteiger partial charge in [0.25, 0.3) is 0 Å². The molecule has 5 atom stereocenters. The number of fused-ring (bicyclic) bond motifs is 6. The van der Waals surface area contributed by atoms with Gasteiger partial charge in [0.1, 0.15) is 0 Å². The predicted octanol–water partition coefficient (Wildman–Crippen LogP) is 14.4. The standard InChI is InChI=1S/C24H26.2C3H8.4C2H6.2CH4/c1-14-13-20-19-10-6-8-12-22(19)24(23(20)15(14)2)17(4)16(3)18-9-5-7-11-21(18)24;2*1-3-2;4*1-2;;/h5-12,14-17H,13H2,1-4H3;2*3H2,1-2H3;4*1-2H3;2*1H4/t14-,15-,16-,17+,24?;;;;;;;;/m0......../s1. The molecule has 0 heteroatoms. The zero-order chi connectivity index (χ0) is 30.1. The van der Waals surface area contributed by atoms with Gasteiger partial charge in [-0.1, -0.05) is 187 Å². The van der Waals surface area contributed by atoms with Crippen molar-refractivity contribution < 1.29 is 0 Å². The molecule has 0 aromatic heterocycles. The first-order chi connectivity index (χ1) is 18.4. The normalized spacial score (nSPS) is 23.2. The minimum absolute atomic E-state index is 0. The maximum absolute atomic E-state index is 2.49. The molecule has 0 radical (unpaired) electrons. The number of hydrogen-bond acceptors (Lipinski definition) is 0. The van der Waals surface area contributed by atoms with Crippen LogP contribution in [0.2, 0.25) is 0 Å². The van der Waals surface area contributed by atoms with Crippen molar-refractivity contribution in [1.82, 2.24) is 0 Å². The van der Waals surface area contributed by atoms with Crippen molar-refractivity contribution in [3.05, 3.63) is 76.4 Å². The first kappa shape index (κ1) is 45.2. The molecule has 2 aromatic carbocycles. The van der Waals surface area contributed by atoms with E-state index >= 15 is 0 Å². The van der Waals surface area contributed by atoms with Gasteiger partial charge in [-0.15, -0.1) is 0 Å². The molecule has 0 aliphatic heterocycles. The van der Waals surface area contributed by atoms with Crippen LogP contribution in [0.4, 0.5) is 0 Å². The van der Waals surface area contributed by atoms with Gasteiger partial charge in [0.15, 0.2) is 0 Å². The summed E-state index contributed by atoms with van der Waals surface area (Å²) in [5.74, 6) is 2.67. The number of hydrogen-bond donors (Lipinski definition) is 0. The van der Waals surface area contributed by atoms with Crippen molar-refractivity contribution in [2.75, 3.05) is 0 Å². The number of benzene rings is 2. The van der Waals surface area contributed by atoms with E-state index < -0.39 is 0 Å². The minimum atomic E-state index is 0. The van der Waals surface area contributed by atoms with Crippen molar-refractivity contribution in [3.63, 3.8) is 0 Å². The Morgan fingerprint density at radius 1 is 0.600 bits per heavy atom. The third-order valence-electron chi connectivity index (χ3n) is 7.57. The Labute approximate surface area is 255 Å². The minimum Gasteiger partial charge on any atom is -0.0776 e. The molecule has 0 saturated carbocycles. The van der Waals surface area contributed by atoms with E-state index in [1.807, 2.05) is 55.4 Å². The van der Waals surface area contributed by atoms with Gasteiger partial charge in [-0.05, 0) is 63.5 Å². The molecule has 1 spiro atoms. The van der Waals surface area contributed by atoms with Gasteiger partial charge >= 0.3 is 0 Å². The molecule has 0 nitrogen and oxygen atoms in total. The smallest absolute Gasteiger partial charge is 0.0459 e. The molecule has 0 amide bonds. The molecule has 0 saturated heterocycles. The Morgan fingerprint density at radius 2 is 1.00 bits per heavy atom. The highest BCUT2D eigenvalue weighted by molar-refractivity contribution is 5.86. The highest BCUT2D eigenvalue weighted by Gasteiger charge is 2.58. The quantitative estimate of drug-likeness (QED) is 0.304. The van der Waals surface area contributed by atoms with Gasteiger partial charge < -0.3 is 0 Å². The fourth-order valence-corrected chi connectivity index (χ4v) is 6.18. The molecule has 234 valence electrons. The molecule has 5 rings (SSSR count). The van der Waals surface area contributed by atoms with Gasteiger partial charge in [-0.2, -0.15) is 0 Å². The molecule has 0 fully saturated rings. The summed E-state index contributed by atoms with van der Waals surface area (Å²) in [6, 6.07) is 18.5. The van der Waals surface area contributed by atoms with Gasteiger partial charge in [0, 0.05) is 5.41 Å². The van der Waals surface area contributed by atoms with Crippen LogP contribution in [0.1, 0.15) is 173 Å². The lowest BCUT2D eigenvalue weighted by molar-refractivity contribution is 0.347. The topological polar surface area (TPSA) is 0 Å². The summed E-state index contributed by atoms with van der Waals surface area (Å²) in [6.45, 7) is 34.3. The molecule has 0 N–H and O–H groups in total. The maximum Gasteiger partial charge on any atom is 0.0459 e. The van der Waals surface area contributed by atoms with Crippen LogP contribution < -0.4 is 0 Å². The highest BCUT2D eigenvalue weighted by Crippen LogP contribution is 2.67. The Morgan fingerprint density at radius 3 is 1.48 bits per heavy atom. The Kier molecular flexibility index (Phi) is 26.9. The van der Waals surface area contributed by atoms with Crippen LogP contribution in [0.15, 0.2) is 54.1 Å². The summed E-state index contributed by atoms with van der Waals surface area (Å²) in [4.78, 5) is 0. The van der Waals surface area contributed by atoms with Crippen LogP contribution in [0, 0.1) is 17.8 Å². The fraction of sp³-hybridized carbons (Fsp3) is 0.650. The van der Waals surface area contributed by atoms with Crippen molar-refractivity contribution in [2.24, 2.45) is 17.8 Å². The van der Waals surface area contributed by atoms with Gasteiger partial charge in [0.2, 0.25) is 0 Å². The Balaban J connectivity index is -0.000000353. The molecule has 3 aliphatic rings. The summed E-state index contributed by atoms with van der Waals surface area (Å²) in [7, 11) is 0. The van der Waals surface area contributed by atoms with E-state index in [1.54, 1.807) is 33.4 Å². The molecule has 2 aromatic rings. The van der Waals surface area contributed by atoms with E-state index in [9.17, 15) is 0 Å². The third kappa shape index (κ3) is 8.59. The summed E-state index contributed by atoms with van der Waals surface area (Å²) in [5.41, 5.74) is 9.81. The Hall–Kier alpha value is -1.82. The second-order valence-electron chi connectivity index (χ2n) is 9.79. The average Bonchev–Trinajstić information content (AvgIpc) is 3.52. The number of rotatable bonds is 0. The van der Waals surface area contributed by atoms with E-state index in [0.29, 0.717) is 17.8 Å². The monoisotopic (exact) mass is 555 g/mol. The largest absolute Gasteiger partial charge is 0.0776 e. The van der Waals surface area contributed by atoms with Crippen LogP contribution in [0.3, 0.4) is 0 Å². The summed E-state index contributed by atoms with van der Waals surface area (Å²) in [6.07, 6.45) is 3.75. The van der Waals surface area contributed by atoms with Gasteiger partial charge in [-0.3, -0.25) is 0 Å². The summed E-state index contributed by atoms with van der Waals surface area (Å²) < 4.78 is 0. The molecule has 0 heterocycles. The molecular formula is C40H74. The second kappa shape index (κ2) is 23.8. The van der Waals surface area contributed by atoms with Crippen molar-refractivity contribution in [1.29, 1.82) is 0 Å². The van der Waals surface area contributed by atoms with Crippen LogP contribution >= 0.6 is 0 Å². The van der Waals surface area contributed by atoms with Crippen molar-refractivity contribution >= 4 is 5.57 Å². The SMILES string of the molecule is C.C.CC.CC.CC.CC.CCC.CCC.C[C@@H]1C2=C(C[C@@H]1C)c1ccccc1C21c2ccccc2[C@@H](C)[C@H]1C. The lowest BCUT2D eigenvalue weighted by Crippen LogP contribution is -2.35. The van der Waals surface area contributed by atoms with Crippen LogP contribution in [0.5, 0.6) is 0 Å². The average molecular weight is 555 g/mol. The van der Waals surface area contributed by atoms with Crippen LogP contribution in [0.25, 0.3) is 5.57 Å². The zero-order valence-corrected chi connectivity index (χ0v) is 28.5.